The van der Waals surface area contributed by atoms with Crippen molar-refractivity contribution in [3.63, 3.8) is 0 Å². The van der Waals surface area contributed by atoms with Crippen molar-refractivity contribution in [1.29, 1.82) is 0 Å². The molecule has 0 aliphatic rings. The van der Waals surface area contributed by atoms with E-state index >= 15 is 0 Å². The van der Waals surface area contributed by atoms with Crippen LogP contribution < -0.4 is 0 Å². The molecule has 0 unspecified atom stereocenters. The third-order valence-corrected chi connectivity index (χ3v) is 9.39. The first-order valence-electron chi connectivity index (χ1n) is 17.3. The number of fused-ring (bicyclic) bond motifs is 2. The summed E-state index contributed by atoms with van der Waals surface area (Å²) in [5.74, 6) is 0. The van der Waals surface area contributed by atoms with Crippen molar-refractivity contribution in [1.82, 2.24) is 30.0 Å². The number of hydrogen-bond donors (Lipinski definition) is 0. The maximum Gasteiger partial charge on any atom is 0.113 e. The number of aromatic nitrogens is 6. The highest BCUT2D eigenvalue weighted by molar-refractivity contribution is 5.74. The van der Waals surface area contributed by atoms with Gasteiger partial charge in [0.15, 0.2) is 0 Å². The molecule has 2 aromatic heterocycles. The van der Waals surface area contributed by atoms with Crippen LogP contribution in [0.4, 0.5) is 0 Å². The second kappa shape index (κ2) is 12.0. The summed E-state index contributed by atoms with van der Waals surface area (Å²) in [5, 5.41) is 19.6. The van der Waals surface area contributed by atoms with Crippen LogP contribution in [0.15, 0.2) is 78.9 Å². The minimum Gasteiger partial charge on any atom is -0.150 e. The van der Waals surface area contributed by atoms with E-state index < -0.39 is 0 Å². The van der Waals surface area contributed by atoms with Crippen LogP contribution in [0.3, 0.4) is 0 Å². The lowest BCUT2D eigenvalue weighted by Crippen LogP contribution is -2.26. The van der Waals surface area contributed by atoms with E-state index in [-0.39, 0.29) is 21.7 Å². The monoisotopic (exact) mass is 640 g/mol. The van der Waals surface area contributed by atoms with Gasteiger partial charge in [-0.25, -0.2) is 0 Å². The predicted molar refractivity (Wildman–Crippen MR) is 199 cm³/mol. The van der Waals surface area contributed by atoms with Gasteiger partial charge in [-0.3, -0.25) is 0 Å². The zero-order valence-corrected chi connectivity index (χ0v) is 30.8. The zero-order chi connectivity index (χ0) is 34.6. The van der Waals surface area contributed by atoms with E-state index in [1.807, 2.05) is 58.1 Å². The Morgan fingerprint density at radius 1 is 0.521 bits per heavy atom. The Morgan fingerprint density at radius 3 is 1.42 bits per heavy atom. The fourth-order valence-electron chi connectivity index (χ4n) is 7.84. The van der Waals surface area contributed by atoms with Crippen LogP contribution in [0, 0.1) is 17.8 Å². The molecule has 0 radical (unpaired) electrons. The molecule has 0 saturated heterocycles. The lowest BCUT2D eigenvalue weighted by atomic mass is 9.71. The van der Waals surface area contributed by atoms with Crippen molar-refractivity contribution in [2.75, 3.05) is 0 Å². The van der Waals surface area contributed by atoms with E-state index in [2.05, 4.69) is 106 Å². The first-order chi connectivity index (χ1) is 22.4. The second-order valence-electron chi connectivity index (χ2n) is 17.5. The summed E-state index contributed by atoms with van der Waals surface area (Å²) in [6.45, 7) is 25.6. The standard InChI is InChI=1S/C42H52N6/c1-28-30(23-32(42(10,11)27-40(5,6)7)25-38(28)48-45-36-18-14-15-19-37(36)46-48)20-29-21-31(41(8,9)26-39(2,3)4)24-33(22-29)47-43-34-16-12-13-17-35(34)44-47/h12-19,21-25H,20,26-27H2,1-11H3. The molecular formula is C42H52N6. The van der Waals surface area contributed by atoms with Gasteiger partial charge in [0.25, 0.3) is 0 Å². The molecule has 0 saturated carbocycles. The fourth-order valence-corrected chi connectivity index (χ4v) is 7.84. The van der Waals surface area contributed by atoms with E-state index in [1.54, 1.807) is 0 Å². The van der Waals surface area contributed by atoms with Crippen LogP contribution in [0.5, 0.6) is 0 Å². The summed E-state index contributed by atoms with van der Waals surface area (Å²) < 4.78 is 0. The van der Waals surface area contributed by atoms with Crippen molar-refractivity contribution < 1.29 is 0 Å². The Labute approximate surface area is 286 Å². The zero-order valence-electron chi connectivity index (χ0n) is 30.8. The normalized spacial score (nSPS) is 13.1. The largest absolute Gasteiger partial charge is 0.150 e. The Kier molecular flexibility index (Phi) is 8.38. The van der Waals surface area contributed by atoms with Crippen LogP contribution in [0.2, 0.25) is 0 Å². The van der Waals surface area contributed by atoms with E-state index in [0.717, 1.165) is 52.7 Å². The molecule has 0 aliphatic heterocycles. The van der Waals surface area contributed by atoms with Crippen molar-refractivity contribution >= 4 is 22.1 Å². The quantitative estimate of drug-likeness (QED) is 0.166. The SMILES string of the molecule is Cc1c(Cc2cc(-n3nc4ccccc4n3)cc(C(C)(C)CC(C)(C)C)c2)cc(C(C)(C)CC(C)(C)C)cc1-n1nc2ccccc2n1. The Morgan fingerprint density at radius 2 is 0.958 bits per heavy atom. The molecule has 6 heteroatoms. The Bertz CT molecular complexity index is 2030. The molecule has 48 heavy (non-hydrogen) atoms. The number of rotatable bonds is 8. The van der Waals surface area contributed by atoms with Crippen LogP contribution in [-0.2, 0) is 17.3 Å². The summed E-state index contributed by atoms with van der Waals surface area (Å²) >= 11 is 0. The average Bonchev–Trinajstić information content (AvgIpc) is 3.60. The summed E-state index contributed by atoms with van der Waals surface area (Å²) in [7, 11) is 0. The molecule has 6 nitrogen and oxygen atoms in total. The van der Waals surface area contributed by atoms with Crippen molar-refractivity contribution in [3.8, 4) is 11.4 Å². The number of hydrogen-bond acceptors (Lipinski definition) is 4. The topological polar surface area (TPSA) is 61.4 Å². The number of nitrogens with zero attached hydrogens (tertiary/aromatic N) is 6. The third-order valence-electron chi connectivity index (χ3n) is 9.39. The maximum absolute atomic E-state index is 4.93. The highest BCUT2D eigenvalue weighted by Gasteiger charge is 2.30. The molecule has 0 amide bonds. The van der Waals surface area contributed by atoms with E-state index in [0.29, 0.717) is 0 Å². The summed E-state index contributed by atoms with van der Waals surface area (Å²) in [6.07, 6.45) is 2.87. The van der Waals surface area contributed by atoms with Gasteiger partial charge in [0, 0.05) is 0 Å². The van der Waals surface area contributed by atoms with Crippen molar-refractivity contribution in [3.05, 3.63) is 107 Å². The Hall–Kier alpha value is -4.32. The smallest absolute Gasteiger partial charge is 0.113 e. The molecule has 0 fully saturated rings. The van der Waals surface area contributed by atoms with Crippen LogP contribution in [0.1, 0.15) is 110 Å². The number of benzene rings is 4. The molecule has 0 spiro atoms. The van der Waals surface area contributed by atoms with E-state index in [9.17, 15) is 0 Å². The maximum atomic E-state index is 4.93. The van der Waals surface area contributed by atoms with Gasteiger partial charge in [-0.15, -0.1) is 20.4 Å². The molecule has 0 bridgehead atoms. The summed E-state index contributed by atoms with van der Waals surface area (Å²) in [4.78, 5) is 3.65. The molecular weight excluding hydrogens is 589 g/mol. The van der Waals surface area contributed by atoms with Gasteiger partial charge in [-0.1, -0.05) is 106 Å². The highest BCUT2D eigenvalue weighted by Crippen LogP contribution is 2.40. The van der Waals surface area contributed by atoms with Crippen molar-refractivity contribution in [2.45, 2.75) is 106 Å². The minimum atomic E-state index is -0.0528. The first-order valence-corrected chi connectivity index (χ1v) is 17.3. The van der Waals surface area contributed by atoms with E-state index in [1.165, 1.54) is 27.8 Å². The molecule has 4 aromatic carbocycles. The molecule has 250 valence electrons. The fraction of sp³-hybridized carbons (Fsp3) is 0.429. The van der Waals surface area contributed by atoms with Gasteiger partial charge < -0.3 is 0 Å². The van der Waals surface area contributed by atoms with Crippen LogP contribution in [0.25, 0.3) is 33.4 Å². The van der Waals surface area contributed by atoms with Gasteiger partial charge in [0.05, 0.1) is 11.4 Å². The summed E-state index contributed by atoms with van der Waals surface area (Å²) in [6, 6.07) is 27.9. The van der Waals surface area contributed by atoms with Gasteiger partial charge in [0.2, 0.25) is 0 Å². The second-order valence-corrected chi connectivity index (χ2v) is 17.5. The van der Waals surface area contributed by atoms with Crippen molar-refractivity contribution in [2.24, 2.45) is 10.8 Å². The van der Waals surface area contributed by atoms with Crippen LogP contribution in [-0.4, -0.2) is 30.0 Å². The molecule has 0 atom stereocenters. The van der Waals surface area contributed by atoms with Crippen LogP contribution >= 0.6 is 0 Å². The highest BCUT2D eigenvalue weighted by atomic mass is 15.5. The molecule has 6 aromatic rings. The molecule has 2 heterocycles. The third kappa shape index (κ3) is 7.23. The van der Waals surface area contributed by atoms with Gasteiger partial charge in [0.1, 0.15) is 22.1 Å². The van der Waals surface area contributed by atoms with Gasteiger partial charge in [-0.05, 0) is 118 Å². The molecule has 0 aliphatic carbocycles. The predicted octanol–water partition coefficient (Wildman–Crippen LogP) is 10.5. The lowest BCUT2D eigenvalue weighted by molar-refractivity contribution is 0.283. The molecule has 6 rings (SSSR count). The first kappa shape index (κ1) is 33.6. The average molecular weight is 641 g/mol. The minimum absolute atomic E-state index is 0.0502. The van der Waals surface area contributed by atoms with E-state index in [4.69, 9.17) is 20.4 Å². The van der Waals surface area contributed by atoms with Gasteiger partial charge in [-0.2, -0.15) is 9.59 Å². The summed E-state index contributed by atoms with van der Waals surface area (Å²) in [5.41, 5.74) is 12.2. The van der Waals surface area contributed by atoms with Gasteiger partial charge >= 0.3 is 0 Å². The lowest BCUT2D eigenvalue weighted by Gasteiger charge is -2.34. The molecule has 0 N–H and O–H groups in total. The Balaban J connectivity index is 1.52.